The summed E-state index contributed by atoms with van der Waals surface area (Å²) in [5, 5.41) is 9.41. The predicted molar refractivity (Wildman–Crippen MR) is 118 cm³/mol. The van der Waals surface area contributed by atoms with Crippen LogP contribution in [-0.2, 0) is 17.7 Å². The Morgan fingerprint density at radius 2 is 2.07 bits per heavy atom. The number of rotatable bonds is 6. The first-order valence-electron chi connectivity index (χ1n) is 11.2. The number of amides is 1. The number of hydrogen-bond donors (Lipinski definition) is 1. The van der Waals surface area contributed by atoms with Crippen molar-refractivity contribution in [3.8, 4) is 0 Å². The Labute approximate surface area is 177 Å². The molecule has 1 aromatic rings. The summed E-state index contributed by atoms with van der Waals surface area (Å²) in [7, 11) is 0. The molecule has 0 aromatic carbocycles. The summed E-state index contributed by atoms with van der Waals surface area (Å²) < 4.78 is 4.96. The zero-order valence-corrected chi connectivity index (χ0v) is 19.2. The average Bonchev–Trinajstić information content (AvgIpc) is 3.45. The molecule has 166 valence electrons. The van der Waals surface area contributed by atoms with E-state index in [1.54, 1.807) is 4.90 Å². The Hall–Kier alpha value is -1.66. The Bertz CT molecular complexity index is 594. The van der Waals surface area contributed by atoms with Gasteiger partial charge >= 0.3 is 6.09 Å². The highest BCUT2D eigenvalue weighted by molar-refractivity contribution is 5.67. The largest absolute Gasteiger partial charge is 0.450 e. The number of carbonyl (C=O) groups excluding carboxylic acids is 1. The SMILES string of the molecule is CC.CC(O)N1CCc2cnccc2C1.CCOC(=O)N(CC)CCC1CC1C. The molecule has 0 bridgehead atoms. The number of hydrogen-bond acceptors (Lipinski definition) is 5. The first-order chi connectivity index (χ1) is 14.0. The van der Waals surface area contributed by atoms with Gasteiger partial charge < -0.3 is 14.7 Å². The van der Waals surface area contributed by atoms with Crippen molar-refractivity contribution in [2.24, 2.45) is 11.8 Å². The Morgan fingerprint density at radius 1 is 1.38 bits per heavy atom. The number of pyridine rings is 1. The van der Waals surface area contributed by atoms with Gasteiger partial charge in [0.15, 0.2) is 0 Å². The molecule has 3 unspecified atom stereocenters. The number of aliphatic hydroxyl groups is 1. The van der Waals surface area contributed by atoms with Gasteiger partial charge in [-0.2, -0.15) is 0 Å². The van der Waals surface area contributed by atoms with Crippen LogP contribution in [0.5, 0.6) is 0 Å². The van der Waals surface area contributed by atoms with Crippen molar-refractivity contribution in [1.29, 1.82) is 0 Å². The van der Waals surface area contributed by atoms with E-state index in [4.69, 9.17) is 4.74 Å². The van der Waals surface area contributed by atoms with Crippen LogP contribution >= 0.6 is 0 Å². The Morgan fingerprint density at radius 3 is 2.62 bits per heavy atom. The maximum atomic E-state index is 11.4. The molecule has 1 aliphatic heterocycles. The normalized spacial score (nSPS) is 20.8. The molecule has 6 nitrogen and oxygen atoms in total. The van der Waals surface area contributed by atoms with Gasteiger partial charge in [0.1, 0.15) is 6.23 Å². The minimum atomic E-state index is -0.346. The Balaban J connectivity index is 0.000000268. The second-order valence-electron chi connectivity index (χ2n) is 7.54. The molecule has 3 atom stereocenters. The average molecular weight is 408 g/mol. The van der Waals surface area contributed by atoms with Crippen molar-refractivity contribution >= 4 is 6.09 Å². The molecule has 6 heteroatoms. The van der Waals surface area contributed by atoms with E-state index in [2.05, 4.69) is 16.8 Å². The third-order valence-electron chi connectivity index (χ3n) is 5.53. The first-order valence-corrected chi connectivity index (χ1v) is 11.2. The highest BCUT2D eigenvalue weighted by Gasteiger charge is 2.32. The molecule has 1 aromatic heterocycles. The maximum Gasteiger partial charge on any atom is 0.409 e. The summed E-state index contributed by atoms with van der Waals surface area (Å²) in [6.07, 6.45) is 6.69. The summed E-state index contributed by atoms with van der Waals surface area (Å²) in [5.74, 6) is 1.72. The number of fused-ring (bicyclic) bond motifs is 1. The second kappa shape index (κ2) is 13.5. The number of aliphatic hydroxyl groups excluding tert-OH is 1. The van der Waals surface area contributed by atoms with Crippen molar-refractivity contribution in [2.75, 3.05) is 26.2 Å². The fourth-order valence-electron chi connectivity index (χ4n) is 3.43. The highest BCUT2D eigenvalue weighted by atomic mass is 16.6. The van der Waals surface area contributed by atoms with Crippen LogP contribution in [-0.4, -0.2) is 58.5 Å². The quantitative estimate of drug-likeness (QED) is 0.761. The van der Waals surface area contributed by atoms with E-state index in [1.807, 2.05) is 53.1 Å². The van der Waals surface area contributed by atoms with E-state index in [-0.39, 0.29) is 12.3 Å². The second-order valence-corrected chi connectivity index (χ2v) is 7.54. The van der Waals surface area contributed by atoms with Crippen molar-refractivity contribution in [3.05, 3.63) is 29.6 Å². The first kappa shape index (κ1) is 25.4. The molecule has 1 fully saturated rings. The highest BCUT2D eigenvalue weighted by Crippen LogP contribution is 2.40. The summed E-state index contributed by atoms with van der Waals surface area (Å²) in [5.41, 5.74) is 2.61. The lowest BCUT2D eigenvalue weighted by molar-refractivity contribution is 0.00912. The van der Waals surface area contributed by atoms with E-state index in [0.717, 1.165) is 50.9 Å². The van der Waals surface area contributed by atoms with E-state index < -0.39 is 0 Å². The molecule has 29 heavy (non-hydrogen) atoms. The Kier molecular flexibility index (Phi) is 11.9. The number of ether oxygens (including phenoxy) is 1. The third kappa shape index (κ3) is 8.70. The number of carbonyl (C=O) groups is 1. The van der Waals surface area contributed by atoms with Gasteiger partial charge in [-0.3, -0.25) is 9.88 Å². The predicted octanol–water partition coefficient (Wildman–Crippen LogP) is 4.32. The van der Waals surface area contributed by atoms with Gasteiger partial charge in [-0.25, -0.2) is 4.79 Å². The molecule has 1 aliphatic carbocycles. The topological polar surface area (TPSA) is 65.9 Å². The summed E-state index contributed by atoms with van der Waals surface area (Å²) in [4.78, 5) is 19.3. The molecule has 1 saturated carbocycles. The van der Waals surface area contributed by atoms with E-state index in [1.165, 1.54) is 17.5 Å². The van der Waals surface area contributed by atoms with E-state index in [0.29, 0.717) is 6.61 Å². The van der Waals surface area contributed by atoms with Crippen molar-refractivity contribution in [1.82, 2.24) is 14.8 Å². The summed E-state index contributed by atoms with van der Waals surface area (Å²) in [6.45, 7) is 15.8. The van der Waals surface area contributed by atoms with Crippen LogP contribution in [0, 0.1) is 11.8 Å². The molecule has 0 radical (unpaired) electrons. The van der Waals surface area contributed by atoms with Gasteiger partial charge in [0, 0.05) is 38.6 Å². The molecule has 0 spiro atoms. The smallest absolute Gasteiger partial charge is 0.409 e. The monoisotopic (exact) mass is 407 g/mol. The zero-order chi connectivity index (χ0) is 21.8. The van der Waals surface area contributed by atoms with Crippen LogP contribution in [0.4, 0.5) is 4.79 Å². The van der Waals surface area contributed by atoms with Gasteiger partial charge in [0.2, 0.25) is 0 Å². The molecule has 1 N–H and O–H groups in total. The molecule has 2 heterocycles. The third-order valence-corrected chi connectivity index (χ3v) is 5.53. The molecular weight excluding hydrogens is 366 g/mol. The van der Waals surface area contributed by atoms with Crippen LogP contribution in [0.15, 0.2) is 18.5 Å². The van der Waals surface area contributed by atoms with Crippen molar-refractivity contribution < 1.29 is 14.6 Å². The van der Waals surface area contributed by atoms with E-state index >= 15 is 0 Å². The molecule has 2 aliphatic rings. The standard InChI is InChI=1S/C11H21NO2.C10H14N2O.C2H6/c1-4-12(11(13)14-5-2)7-6-10-8-9(10)3;1-8(13)12-5-3-9-6-11-4-2-10(9)7-12;1-2/h9-10H,4-8H2,1-3H3;2,4,6,8,13H,3,5,7H2,1H3;1-2H3. The lowest BCUT2D eigenvalue weighted by Gasteiger charge is -2.30. The van der Waals surface area contributed by atoms with Gasteiger partial charge in [-0.1, -0.05) is 20.8 Å². The van der Waals surface area contributed by atoms with Crippen molar-refractivity contribution in [3.63, 3.8) is 0 Å². The lowest BCUT2D eigenvalue weighted by Crippen LogP contribution is -2.37. The minimum absolute atomic E-state index is 0.164. The van der Waals surface area contributed by atoms with Crippen LogP contribution in [0.3, 0.4) is 0 Å². The van der Waals surface area contributed by atoms with Gasteiger partial charge in [0.25, 0.3) is 0 Å². The molecule has 3 rings (SSSR count). The maximum absolute atomic E-state index is 11.4. The number of aromatic nitrogens is 1. The molecular formula is C23H41N3O3. The summed E-state index contributed by atoms with van der Waals surface area (Å²) in [6, 6.07) is 2.03. The van der Waals surface area contributed by atoms with Crippen LogP contribution in [0.2, 0.25) is 0 Å². The van der Waals surface area contributed by atoms with Gasteiger partial charge in [0.05, 0.1) is 6.61 Å². The number of nitrogens with zero attached hydrogens (tertiary/aromatic N) is 3. The van der Waals surface area contributed by atoms with E-state index in [9.17, 15) is 9.90 Å². The fraction of sp³-hybridized carbons (Fsp3) is 0.739. The summed E-state index contributed by atoms with van der Waals surface area (Å²) >= 11 is 0. The lowest BCUT2D eigenvalue weighted by atomic mass is 10.0. The van der Waals surface area contributed by atoms with Gasteiger partial charge in [-0.15, -0.1) is 0 Å². The van der Waals surface area contributed by atoms with Gasteiger partial charge in [-0.05, 0) is 69.1 Å². The van der Waals surface area contributed by atoms with Crippen LogP contribution in [0.25, 0.3) is 0 Å². The molecule has 0 saturated heterocycles. The van der Waals surface area contributed by atoms with Crippen LogP contribution in [0.1, 0.15) is 65.5 Å². The molecule has 1 amide bonds. The minimum Gasteiger partial charge on any atom is -0.450 e. The van der Waals surface area contributed by atoms with Crippen molar-refractivity contribution in [2.45, 2.75) is 73.6 Å². The zero-order valence-electron chi connectivity index (χ0n) is 19.2. The fourth-order valence-corrected chi connectivity index (χ4v) is 3.43. The van der Waals surface area contributed by atoms with Crippen LogP contribution < -0.4 is 0 Å².